The minimum atomic E-state index is -0.682. The Bertz CT molecular complexity index is 1540. The fourth-order valence-electron chi connectivity index (χ4n) is 4.04. The first-order valence-corrected chi connectivity index (χ1v) is 13.4. The number of carbonyl (C=O) groups excluding carboxylic acids is 1. The monoisotopic (exact) mass is 582 g/mol. The normalized spacial score (nSPS) is 15.1. The molecule has 37 heavy (non-hydrogen) atoms. The van der Waals surface area contributed by atoms with Crippen molar-refractivity contribution in [2.24, 2.45) is 4.99 Å². The Hall–Kier alpha value is -3.43. The summed E-state index contributed by atoms with van der Waals surface area (Å²) in [6.45, 7) is 10.3. The molecule has 0 spiro atoms. The number of benzene rings is 2. The largest absolute Gasteiger partial charge is 0.493 e. The first kappa shape index (κ1) is 26.6. The predicted molar refractivity (Wildman–Crippen MR) is 148 cm³/mol. The highest BCUT2D eigenvalue weighted by Crippen LogP contribution is 2.32. The van der Waals surface area contributed by atoms with Gasteiger partial charge in [0.15, 0.2) is 4.80 Å². The molecule has 0 saturated carbocycles. The maximum Gasteiger partial charge on any atom is 0.338 e. The van der Waals surface area contributed by atoms with E-state index < -0.39 is 12.0 Å². The van der Waals surface area contributed by atoms with E-state index in [1.54, 1.807) is 24.5 Å². The van der Waals surface area contributed by atoms with Gasteiger partial charge >= 0.3 is 5.97 Å². The Morgan fingerprint density at radius 1 is 1.16 bits per heavy atom. The predicted octanol–water partition coefficient (Wildman–Crippen LogP) is 4.52. The lowest BCUT2D eigenvalue weighted by Crippen LogP contribution is -2.39. The summed E-state index contributed by atoms with van der Waals surface area (Å²) in [5.41, 5.74) is 2.21. The second-order valence-electron chi connectivity index (χ2n) is 8.09. The van der Waals surface area contributed by atoms with Crippen LogP contribution in [0.2, 0.25) is 0 Å². The third kappa shape index (κ3) is 5.62. The van der Waals surface area contributed by atoms with E-state index in [9.17, 15) is 9.59 Å². The molecule has 2 heterocycles. The van der Waals surface area contributed by atoms with Crippen molar-refractivity contribution in [2.45, 2.75) is 26.8 Å². The molecule has 7 nitrogen and oxygen atoms in total. The highest BCUT2D eigenvalue weighted by Gasteiger charge is 2.33. The Kier molecular flexibility index (Phi) is 8.45. The second-order valence-corrected chi connectivity index (χ2v) is 9.96. The van der Waals surface area contributed by atoms with Gasteiger partial charge < -0.3 is 14.2 Å². The highest BCUT2D eigenvalue weighted by atomic mass is 79.9. The highest BCUT2D eigenvalue weighted by molar-refractivity contribution is 9.10. The van der Waals surface area contributed by atoms with Crippen LogP contribution in [-0.2, 0) is 9.53 Å². The number of hydrogen-bond donors (Lipinski definition) is 0. The fraction of sp³-hybridized carbons (Fsp3) is 0.250. The average molecular weight is 584 g/mol. The number of aromatic nitrogens is 1. The minimum Gasteiger partial charge on any atom is -0.493 e. The summed E-state index contributed by atoms with van der Waals surface area (Å²) in [6, 6.07) is 12.3. The van der Waals surface area contributed by atoms with Crippen molar-refractivity contribution in [2.75, 3.05) is 19.8 Å². The van der Waals surface area contributed by atoms with E-state index in [0.29, 0.717) is 39.6 Å². The lowest BCUT2D eigenvalue weighted by molar-refractivity contribution is -0.139. The third-order valence-corrected chi connectivity index (χ3v) is 7.24. The molecular formula is C28H27BrN2O5S. The number of carbonyl (C=O) groups is 1. The molecule has 0 bridgehead atoms. The number of hydrogen-bond acceptors (Lipinski definition) is 7. The molecule has 1 aromatic heterocycles. The van der Waals surface area contributed by atoms with Crippen molar-refractivity contribution >= 4 is 39.3 Å². The molecule has 1 aliphatic heterocycles. The summed E-state index contributed by atoms with van der Waals surface area (Å²) < 4.78 is 19.4. The first-order chi connectivity index (χ1) is 17.9. The number of esters is 1. The quantitative estimate of drug-likeness (QED) is 0.274. The van der Waals surface area contributed by atoms with Crippen molar-refractivity contribution in [1.29, 1.82) is 0 Å². The van der Waals surface area contributed by atoms with Crippen molar-refractivity contribution in [3.63, 3.8) is 0 Å². The zero-order valence-corrected chi connectivity index (χ0v) is 23.2. The standard InChI is InChI=1S/C28H27BrN2O5S/c1-5-14-36-20-11-9-19(10-12-20)25-24(27(33)35-7-3)17(4)30-28-31(25)26(32)23(37-28)16-18-8-13-22(34-6-2)21(29)15-18/h5,8-13,15-16,25H,1,6-7,14H2,2-4H3/b23-16-/t25-/m1/s1. The van der Waals surface area contributed by atoms with E-state index >= 15 is 0 Å². The van der Waals surface area contributed by atoms with Gasteiger partial charge in [0, 0.05) is 0 Å². The van der Waals surface area contributed by atoms with E-state index in [0.717, 1.165) is 21.3 Å². The van der Waals surface area contributed by atoms with Gasteiger partial charge in [-0.3, -0.25) is 9.36 Å². The van der Waals surface area contributed by atoms with Crippen LogP contribution in [0.25, 0.3) is 6.08 Å². The van der Waals surface area contributed by atoms with E-state index in [-0.39, 0.29) is 12.2 Å². The van der Waals surface area contributed by atoms with Gasteiger partial charge in [-0.25, -0.2) is 9.79 Å². The van der Waals surface area contributed by atoms with Crippen LogP contribution in [0.1, 0.15) is 37.9 Å². The van der Waals surface area contributed by atoms with Crippen LogP contribution in [0.4, 0.5) is 0 Å². The van der Waals surface area contributed by atoms with E-state index in [4.69, 9.17) is 14.2 Å². The molecule has 1 atom stereocenters. The van der Waals surface area contributed by atoms with Crippen LogP contribution in [0.15, 0.2) is 80.6 Å². The maximum atomic E-state index is 13.7. The number of nitrogens with zero attached hydrogens (tertiary/aromatic N) is 2. The zero-order valence-electron chi connectivity index (χ0n) is 20.8. The summed E-state index contributed by atoms with van der Waals surface area (Å²) in [4.78, 5) is 31.9. The molecule has 1 aliphatic rings. The maximum absolute atomic E-state index is 13.7. The van der Waals surface area contributed by atoms with Crippen LogP contribution in [-0.4, -0.2) is 30.4 Å². The van der Waals surface area contributed by atoms with Crippen molar-refractivity contribution in [1.82, 2.24) is 4.57 Å². The van der Waals surface area contributed by atoms with Crippen LogP contribution >= 0.6 is 27.3 Å². The lowest BCUT2D eigenvalue weighted by atomic mass is 9.96. The summed E-state index contributed by atoms with van der Waals surface area (Å²) in [7, 11) is 0. The molecule has 0 N–H and O–H groups in total. The SMILES string of the molecule is C=CCOc1ccc([C@@H]2C(C(=O)OCC)=C(C)N=c3s/c(=C\c4ccc(OCC)c(Br)c4)c(=O)n32)cc1. The number of fused-ring (bicyclic) bond motifs is 1. The Morgan fingerprint density at radius 2 is 1.92 bits per heavy atom. The molecule has 192 valence electrons. The van der Waals surface area contributed by atoms with Gasteiger partial charge in [-0.15, -0.1) is 0 Å². The molecule has 2 aromatic carbocycles. The smallest absolute Gasteiger partial charge is 0.338 e. The summed E-state index contributed by atoms with van der Waals surface area (Å²) >= 11 is 4.81. The molecule has 0 fully saturated rings. The average Bonchev–Trinajstić information content (AvgIpc) is 3.18. The second kappa shape index (κ2) is 11.7. The Labute approximate surface area is 227 Å². The molecule has 4 rings (SSSR count). The van der Waals surface area contributed by atoms with Gasteiger partial charge in [0.05, 0.1) is 39.5 Å². The first-order valence-electron chi connectivity index (χ1n) is 11.8. The zero-order chi connectivity index (χ0) is 26.5. The molecule has 0 unspecified atom stereocenters. The summed E-state index contributed by atoms with van der Waals surface area (Å²) in [5.74, 6) is 0.900. The number of halogens is 1. The van der Waals surface area contributed by atoms with Gasteiger partial charge in [0.25, 0.3) is 5.56 Å². The molecule has 0 saturated heterocycles. The van der Waals surface area contributed by atoms with Crippen molar-refractivity contribution in [3.05, 3.63) is 102 Å². The van der Waals surface area contributed by atoms with Crippen LogP contribution in [0.5, 0.6) is 11.5 Å². The van der Waals surface area contributed by atoms with Gasteiger partial charge in [0.2, 0.25) is 0 Å². The minimum absolute atomic E-state index is 0.216. The fourth-order valence-corrected chi connectivity index (χ4v) is 5.60. The molecule has 3 aromatic rings. The van der Waals surface area contributed by atoms with Crippen LogP contribution in [0.3, 0.4) is 0 Å². The molecule has 0 aliphatic carbocycles. The van der Waals surface area contributed by atoms with Gasteiger partial charge in [0.1, 0.15) is 18.1 Å². The Balaban J connectivity index is 1.85. The van der Waals surface area contributed by atoms with Gasteiger partial charge in [-0.1, -0.05) is 42.2 Å². The van der Waals surface area contributed by atoms with E-state index in [1.165, 1.54) is 11.3 Å². The molecule has 0 radical (unpaired) electrons. The Morgan fingerprint density at radius 3 is 2.57 bits per heavy atom. The lowest BCUT2D eigenvalue weighted by Gasteiger charge is -2.24. The number of rotatable bonds is 9. The van der Waals surface area contributed by atoms with E-state index in [1.807, 2.05) is 55.5 Å². The van der Waals surface area contributed by atoms with Crippen molar-refractivity contribution in [3.8, 4) is 11.5 Å². The van der Waals surface area contributed by atoms with Crippen LogP contribution in [0, 0.1) is 0 Å². The molecule has 0 amide bonds. The number of allylic oxidation sites excluding steroid dienone is 1. The summed E-state index contributed by atoms with van der Waals surface area (Å²) in [6.07, 6.45) is 3.48. The number of thiazole rings is 1. The third-order valence-electron chi connectivity index (χ3n) is 5.63. The molecule has 9 heteroatoms. The van der Waals surface area contributed by atoms with Crippen LogP contribution < -0.4 is 24.4 Å². The number of ether oxygens (including phenoxy) is 3. The van der Waals surface area contributed by atoms with E-state index in [2.05, 4.69) is 27.5 Å². The summed E-state index contributed by atoms with van der Waals surface area (Å²) in [5, 5.41) is 0. The van der Waals surface area contributed by atoms with Gasteiger partial charge in [-0.05, 0) is 78.2 Å². The topological polar surface area (TPSA) is 79.1 Å². The van der Waals surface area contributed by atoms with Gasteiger partial charge in [-0.2, -0.15) is 0 Å². The molecular weight excluding hydrogens is 556 g/mol. The van der Waals surface area contributed by atoms with Crippen molar-refractivity contribution < 1.29 is 19.0 Å².